The molecule has 0 saturated carbocycles. The lowest BCUT2D eigenvalue weighted by molar-refractivity contribution is -0.153. The number of hydrogen-bond donors (Lipinski definition) is 1. The van der Waals surface area contributed by atoms with E-state index in [1.165, 1.54) is 14.0 Å². The molecule has 0 unspecified atom stereocenters. The monoisotopic (exact) mass is 372 g/mol. The predicted molar refractivity (Wildman–Crippen MR) is 93.8 cm³/mol. The van der Waals surface area contributed by atoms with Gasteiger partial charge < -0.3 is 14.8 Å². The lowest BCUT2D eigenvalue weighted by Crippen LogP contribution is -2.41. The highest BCUT2D eigenvalue weighted by molar-refractivity contribution is 7.92. The summed E-state index contributed by atoms with van der Waals surface area (Å²) in [6.07, 6.45) is -0.0317. The normalized spacial score (nSPS) is 12.3. The number of anilines is 1. The number of sulfonamides is 1. The maximum atomic E-state index is 12.1. The van der Waals surface area contributed by atoms with Crippen LogP contribution in [0.1, 0.15) is 12.5 Å². The van der Waals surface area contributed by atoms with E-state index in [9.17, 15) is 18.0 Å². The fourth-order valence-electron chi connectivity index (χ4n) is 2.05. The molecule has 0 fully saturated rings. The maximum absolute atomic E-state index is 12.1. The molecule has 1 atom stereocenters. The van der Waals surface area contributed by atoms with E-state index in [1.54, 1.807) is 31.2 Å². The molecule has 0 aliphatic carbocycles. The smallest absolute Gasteiger partial charge is 0.327 e. The predicted octanol–water partition coefficient (Wildman–Crippen LogP) is 0.455. The summed E-state index contributed by atoms with van der Waals surface area (Å²) < 4.78 is 34.9. The number of hydrogen-bond acceptors (Lipinski definition) is 6. The lowest BCUT2D eigenvalue weighted by atomic mass is 10.2. The molecule has 0 aliphatic heterocycles. The number of nitrogens with zero attached hydrogens (tertiary/aromatic N) is 1. The quantitative estimate of drug-likeness (QED) is 0.499. The standard InChI is InChI=1S/C16H24N2O6S/c1-12-7-5-6-8-14(12)18(25(4,21)22)11-15(19)24-13(2)16(20)17-9-10-23-3/h5-8,13H,9-11H2,1-4H3,(H,17,20)/t13-/m0/s1. The van der Waals surface area contributed by atoms with Crippen LogP contribution < -0.4 is 9.62 Å². The van der Waals surface area contributed by atoms with Gasteiger partial charge in [-0.05, 0) is 25.5 Å². The van der Waals surface area contributed by atoms with Crippen LogP contribution in [0.4, 0.5) is 5.69 Å². The summed E-state index contributed by atoms with van der Waals surface area (Å²) in [5, 5.41) is 2.54. The van der Waals surface area contributed by atoms with Crippen molar-refractivity contribution in [3.63, 3.8) is 0 Å². The molecule has 1 rings (SSSR count). The van der Waals surface area contributed by atoms with E-state index in [4.69, 9.17) is 9.47 Å². The van der Waals surface area contributed by atoms with Crippen LogP contribution in [0.25, 0.3) is 0 Å². The van der Waals surface area contributed by atoms with Crippen LogP contribution in [-0.4, -0.2) is 59.5 Å². The lowest BCUT2D eigenvalue weighted by Gasteiger charge is -2.24. The van der Waals surface area contributed by atoms with Gasteiger partial charge in [0.15, 0.2) is 6.10 Å². The second-order valence-corrected chi connectivity index (χ2v) is 7.38. The number of ether oxygens (including phenoxy) is 2. The minimum absolute atomic E-state index is 0.288. The SMILES string of the molecule is COCCNC(=O)[C@H](C)OC(=O)CN(c1ccccc1C)S(C)(=O)=O. The van der Waals surface area contributed by atoms with E-state index in [0.29, 0.717) is 17.9 Å². The Kier molecular flexibility index (Phi) is 7.85. The third-order valence-electron chi connectivity index (χ3n) is 3.34. The average molecular weight is 372 g/mol. The van der Waals surface area contributed by atoms with Gasteiger partial charge in [0.25, 0.3) is 5.91 Å². The van der Waals surface area contributed by atoms with Gasteiger partial charge in [-0.15, -0.1) is 0 Å². The first-order valence-electron chi connectivity index (χ1n) is 7.66. The van der Waals surface area contributed by atoms with Crippen LogP contribution in [0.3, 0.4) is 0 Å². The van der Waals surface area contributed by atoms with E-state index >= 15 is 0 Å². The Morgan fingerprint density at radius 2 is 1.92 bits per heavy atom. The van der Waals surface area contributed by atoms with E-state index in [-0.39, 0.29) is 6.54 Å². The number of nitrogens with one attached hydrogen (secondary N) is 1. The van der Waals surface area contributed by atoms with Crippen LogP contribution in [0.2, 0.25) is 0 Å². The maximum Gasteiger partial charge on any atom is 0.327 e. The molecule has 0 saturated heterocycles. The summed E-state index contributed by atoms with van der Waals surface area (Å²) in [5.74, 6) is -1.30. The molecule has 0 spiro atoms. The summed E-state index contributed by atoms with van der Waals surface area (Å²) in [6, 6.07) is 6.79. The van der Waals surface area contributed by atoms with Gasteiger partial charge in [0.1, 0.15) is 6.54 Å². The molecule has 1 aromatic carbocycles. The van der Waals surface area contributed by atoms with Crippen molar-refractivity contribution in [2.75, 3.05) is 37.4 Å². The fourth-order valence-corrected chi connectivity index (χ4v) is 2.95. The first-order chi connectivity index (χ1) is 11.7. The Morgan fingerprint density at radius 1 is 1.28 bits per heavy atom. The molecule has 0 heterocycles. The summed E-state index contributed by atoms with van der Waals surface area (Å²) in [5.41, 5.74) is 1.09. The summed E-state index contributed by atoms with van der Waals surface area (Å²) in [4.78, 5) is 23.9. The third-order valence-corrected chi connectivity index (χ3v) is 4.47. The van der Waals surface area contributed by atoms with Gasteiger partial charge in [0.2, 0.25) is 10.0 Å². The Morgan fingerprint density at radius 3 is 2.48 bits per heavy atom. The molecule has 25 heavy (non-hydrogen) atoms. The molecule has 1 N–H and O–H groups in total. The second kappa shape index (κ2) is 9.38. The zero-order chi connectivity index (χ0) is 19.0. The molecule has 0 aromatic heterocycles. The van der Waals surface area contributed by atoms with Gasteiger partial charge in [-0.25, -0.2) is 8.42 Å². The first kappa shape index (κ1) is 20.9. The van der Waals surface area contributed by atoms with E-state index < -0.39 is 34.5 Å². The Hall–Kier alpha value is -2.13. The Balaban J connectivity index is 2.77. The van der Waals surface area contributed by atoms with Crippen molar-refractivity contribution in [1.29, 1.82) is 0 Å². The summed E-state index contributed by atoms with van der Waals surface area (Å²) >= 11 is 0. The number of methoxy groups -OCH3 is 1. The van der Waals surface area contributed by atoms with Gasteiger partial charge in [0.05, 0.1) is 18.6 Å². The van der Waals surface area contributed by atoms with Crippen molar-refractivity contribution in [2.45, 2.75) is 20.0 Å². The minimum atomic E-state index is -3.69. The minimum Gasteiger partial charge on any atom is -0.451 e. The summed E-state index contributed by atoms with van der Waals surface area (Å²) in [6.45, 7) is 3.26. The highest BCUT2D eigenvalue weighted by Crippen LogP contribution is 2.21. The summed E-state index contributed by atoms with van der Waals surface area (Å²) in [7, 11) is -2.19. The highest BCUT2D eigenvalue weighted by Gasteiger charge is 2.25. The molecular weight excluding hydrogens is 348 g/mol. The number of para-hydroxylation sites is 1. The first-order valence-corrected chi connectivity index (χ1v) is 9.51. The Labute approximate surface area is 148 Å². The average Bonchev–Trinajstić information content (AvgIpc) is 2.52. The topological polar surface area (TPSA) is 102 Å². The van der Waals surface area contributed by atoms with Crippen LogP contribution in [-0.2, 0) is 29.1 Å². The fraction of sp³-hybridized carbons (Fsp3) is 0.500. The molecule has 0 bridgehead atoms. The number of rotatable bonds is 9. The van der Waals surface area contributed by atoms with Crippen molar-refractivity contribution in [3.05, 3.63) is 29.8 Å². The van der Waals surface area contributed by atoms with Crippen LogP contribution in [0.5, 0.6) is 0 Å². The number of carbonyl (C=O) groups is 2. The van der Waals surface area contributed by atoms with Gasteiger partial charge in [-0.2, -0.15) is 0 Å². The zero-order valence-electron chi connectivity index (χ0n) is 14.8. The van der Waals surface area contributed by atoms with E-state index in [2.05, 4.69) is 5.32 Å². The molecule has 9 heteroatoms. The van der Waals surface area contributed by atoms with Gasteiger partial charge in [-0.3, -0.25) is 13.9 Å². The number of esters is 1. The molecule has 8 nitrogen and oxygen atoms in total. The van der Waals surface area contributed by atoms with Gasteiger partial charge in [0, 0.05) is 13.7 Å². The Bertz CT molecular complexity index is 704. The van der Waals surface area contributed by atoms with Crippen molar-refractivity contribution < 1.29 is 27.5 Å². The van der Waals surface area contributed by atoms with Crippen molar-refractivity contribution in [3.8, 4) is 0 Å². The van der Waals surface area contributed by atoms with E-state index in [1.807, 2.05) is 0 Å². The molecule has 0 radical (unpaired) electrons. The van der Waals surface area contributed by atoms with Crippen molar-refractivity contribution in [1.82, 2.24) is 5.32 Å². The molecule has 1 aromatic rings. The van der Waals surface area contributed by atoms with Crippen LogP contribution >= 0.6 is 0 Å². The number of aryl methyl sites for hydroxylation is 1. The zero-order valence-corrected chi connectivity index (χ0v) is 15.6. The number of carbonyl (C=O) groups excluding carboxylic acids is 2. The molecule has 1 amide bonds. The van der Waals surface area contributed by atoms with Gasteiger partial charge in [-0.1, -0.05) is 18.2 Å². The van der Waals surface area contributed by atoms with Crippen molar-refractivity contribution >= 4 is 27.6 Å². The molecule has 140 valence electrons. The number of benzene rings is 1. The van der Waals surface area contributed by atoms with Crippen LogP contribution in [0, 0.1) is 6.92 Å². The van der Waals surface area contributed by atoms with Crippen LogP contribution in [0.15, 0.2) is 24.3 Å². The number of amides is 1. The third kappa shape index (κ3) is 6.71. The van der Waals surface area contributed by atoms with Crippen molar-refractivity contribution in [2.24, 2.45) is 0 Å². The van der Waals surface area contributed by atoms with Gasteiger partial charge >= 0.3 is 5.97 Å². The largest absolute Gasteiger partial charge is 0.451 e. The molecular formula is C16H24N2O6S. The highest BCUT2D eigenvalue weighted by atomic mass is 32.2. The molecule has 0 aliphatic rings. The second-order valence-electron chi connectivity index (χ2n) is 5.47. The van der Waals surface area contributed by atoms with E-state index in [0.717, 1.165) is 10.6 Å².